The highest BCUT2D eigenvalue weighted by atomic mass is 16.8. The molecule has 2 aromatic rings. The van der Waals surface area contributed by atoms with Crippen LogP contribution in [0.4, 0.5) is 5.69 Å². The Morgan fingerprint density at radius 3 is 2.21 bits per heavy atom. The van der Waals surface area contributed by atoms with Crippen molar-refractivity contribution in [2.75, 3.05) is 5.23 Å². The molecule has 0 heterocycles. The number of rotatable bonds is 4. The van der Waals surface area contributed by atoms with Gasteiger partial charge in [-0.1, -0.05) is 24.3 Å². The Morgan fingerprint density at radius 2 is 1.63 bits per heavy atom. The first-order chi connectivity index (χ1) is 9.08. The van der Waals surface area contributed by atoms with Crippen molar-refractivity contribution in [3.63, 3.8) is 0 Å². The van der Waals surface area contributed by atoms with Crippen LogP contribution in [0, 0.1) is 0 Å². The zero-order valence-electron chi connectivity index (χ0n) is 9.84. The zero-order valence-corrected chi connectivity index (χ0v) is 9.84. The molecule has 0 amide bonds. The first-order valence-electron chi connectivity index (χ1n) is 5.49. The molecule has 4 N–H and O–H groups in total. The average molecular weight is 263 g/mol. The van der Waals surface area contributed by atoms with Crippen molar-refractivity contribution < 1.29 is 25.4 Å². The normalized spacial score (nSPS) is 10.6. The fraction of sp³-hybridized carbons (Fsp3) is 0.0769. The molecule has 0 bridgehead atoms. The van der Waals surface area contributed by atoms with E-state index in [1.807, 2.05) is 6.07 Å². The Hall–Kier alpha value is -2.12. The van der Waals surface area contributed by atoms with Crippen LogP contribution in [0.1, 0.15) is 11.9 Å². The molecular formula is C13H13NO5. The summed E-state index contributed by atoms with van der Waals surface area (Å²) in [6, 6.07) is 12.8. The van der Waals surface area contributed by atoms with Gasteiger partial charge in [0.15, 0.2) is 12.0 Å². The van der Waals surface area contributed by atoms with Gasteiger partial charge in [0.1, 0.15) is 11.4 Å². The van der Waals surface area contributed by atoms with Gasteiger partial charge in [0.25, 0.3) is 0 Å². The molecule has 0 aliphatic carbocycles. The van der Waals surface area contributed by atoms with Crippen LogP contribution in [0.3, 0.4) is 0 Å². The maximum atomic E-state index is 9.13. The van der Waals surface area contributed by atoms with E-state index in [-0.39, 0.29) is 22.2 Å². The van der Waals surface area contributed by atoms with Crippen molar-refractivity contribution in [2.45, 2.75) is 6.29 Å². The minimum atomic E-state index is -1.70. The van der Waals surface area contributed by atoms with Crippen LogP contribution in [0.5, 0.6) is 11.5 Å². The summed E-state index contributed by atoms with van der Waals surface area (Å²) in [5.41, 5.74) is 0.0120. The monoisotopic (exact) mass is 263 g/mol. The van der Waals surface area contributed by atoms with Crippen LogP contribution in [-0.4, -0.2) is 20.6 Å². The summed E-state index contributed by atoms with van der Waals surface area (Å²) in [5, 5.41) is 36.2. The van der Waals surface area contributed by atoms with Gasteiger partial charge in [-0.15, -0.1) is 5.23 Å². The Kier molecular flexibility index (Phi) is 3.98. The SMILES string of the molecule is OC(O)c1ccc(Oc2ccccc2)c(N(O)O)c1. The van der Waals surface area contributed by atoms with Gasteiger partial charge in [0.2, 0.25) is 0 Å². The van der Waals surface area contributed by atoms with Crippen LogP contribution >= 0.6 is 0 Å². The number of hydrogen-bond acceptors (Lipinski definition) is 6. The molecule has 0 aliphatic heterocycles. The lowest BCUT2D eigenvalue weighted by Crippen LogP contribution is -2.13. The summed E-state index contributed by atoms with van der Waals surface area (Å²) in [5.74, 6) is 0.684. The summed E-state index contributed by atoms with van der Waals surface area (Å²) in [6.07, 6.45) is -1.70. The van der Waals surface area contributed by atoms with Crippen molar-refractivity contribution in [1.29, 1.82) is 0 Å². The van der Waals surface area contributed by atoms with E-state index in [0.29, 0.717) is 5.75 Å². The highest BCUT2D eigenvalue weighted by molar-refractivity contribution is 5.58. The summed E-state index contributed by atoms with van der Waals surface area (Å²) < 4.78 is 5.48. The Labute approximate surface area is 109 Å². The third-order valence-electron chi connectivity index (χ3n) is 2.47. The maximum absolute atomic E-state index is 9.13. The summed E-state index contributed by atoms with van der Waals surface area (Å²) >= 11 is 0. The van der Waals surface area contributed by atoms with Gasteiger partial charge in [-0.05, 0) is 24.3 Å². The molecule has 6 heteroatoms. The second kappa shape index (κ2) is 5.68. The van der Waals surface area contributed by atoms with Gasteiger partial charge >= 0.3 is 0 Å². The van der Waals surface area contributed by atoms with Crippen molar-refractivity contribution in [2.24, 2.45) is 0 Å². The van der Waals surface area contributed by atoms with Gasteiger partial charge < -0.3 is 14.9 Å². The highest BCUT2D eigenvalue weighted by Crippen LogP contribution is 2.33. The van der Waals surface area contributed by atoms with Crippen molar-refractivity contribution in [1.82, 2.24) is 0 Å². The first-order valence-corrected chi connectivity index (χ1v) is 5.49. The highest BCUT2D eigenvalue weighted by Gasteiger charge is 2.13. The molecule has 0 atom stereocenters. The van der Waals surface area contributed by atoms with E-state index in [1.165, 1.54) is 18.2 Å². The number of ether oxygens (including phenoxy) is 1. The average Bonchev–Trinajstić information content (AvgIpc) is 2.39. The van der Waals surface area contributed by atoms with Crippen molar-refractivity contribution in [3.05, 3.63) is 54.1 Å². The van der Waals surface area contributed by atoms with Gasteiger partial charge in [-0.2, -0.15) is 0 Å². The zero-order chi connectivity index (χ0) is 13.8. The van der Waals surface area contributed by atoms with E-state index in [2.05, 4.69) is 0 Å². The Bertz CT molecular complexity index is 542. The molecule has 0 radical (unpaired) electrons. The topological polar surface area (TPSA) is 93.4 Å². The molecule has 0 aliphatic rings. The molecule has 0 unspecified atom stereocenters. The minimum Gasteiger partial charge on any atom is -0.455 e. The molecule has 2 rings (SSSR count). The Morgan fingerprint density at radius 1 is 0.947 bits per heavy atom. The predicted octanol–water partition coefficient (Wildman–Crippen LogP) is 2.05. The van der Waals surface area contributed by atoms with Crippen molar-refractivity contribution >= 4 is 5.69 Å². The number of nitrogens with zero attached hydrogens (tertiary/aromatic N) is 1. The molecule has 0 saturated heterocycles. The number of benzene rings is 2. The van der Waals surface area contributed by atoms with Gasteiger partial charge in [0, 0.05) is 5.56 Å². The maximum Gasteiger partial charge on any atom is 0.178 e. The lowest BCUT2D eigenvalue weighted by atomic mass is 10.2. The summed E-state index contributed by atoms with van der Waals surface area (Å²) in [7, 11) is 0. The van der Waals surface area contributed by atoms with Gasteiger partial charge in [-0.3, -0.25) is 10.4 Å². The van der Waals surface area contributed by atoms with Crippen LogP contribution in [0.15, 0.2) is 48.5 Å². The number of anilines is 1. The second-order valence-electron chi connectivity index (χ2n) is 3.81. The molecule has 0 spiro atoms. The third-order valence-corrected chi connectivity index (χ3v) is 2.47. The minimum absolute atomic E-state index is 0.102. The fourth-order valence-electron chi connectivity index (χ4n) is 1.55. The lowest BCUT2D eigenvalue weighted by Gasteiger charge is -2.16. The molecule has 2 aromatic carbocycles. The van der Waals surface area contributed by atoms with E-state index in [0.717, 1.165) is 0 Å². The molecule has 6 nitrogen and oxygen atoms in total. The number of hydrogen-bond donors (Lipinski definition) is 4. The quantitative estimate of drug-likeness (QED) is 0.498. The fourth-order valence-corrected chi connectivity index (χ4v) is 1.55. The van der Waals surface area contributed by atoms with Crippen LogP contribution in [-0.2, 0) is 0 Å². The van der Waals surface area contributed by atoms with Gasteiger partial charge in [0.05, 0.1) is 0 Å². The molecule has 19 heavy (non-hydrogen) atoms. The molecule has 0 saturated carbocycles. The Balaban J connectivity index is 2.34. The number of para-hydroxylation sites is 1. The molecule has 100 valence electrons. The third kappa shape index (κ3) is 3.21. The number of aliphatic hydroxyl groups is 2. The van der Waals surface area contributed by atoms with E-state index in [4.69, 9.17) is 25.4 Å². The largest absolute Gasteiger partial charge is 0.455 e. The summed E-state index contributed by atoms with van der Waals surface area (Å²) in [4.78, 5) is 0. The lowest BCUT2D eigenvalue weighted by molar-refractivity contribution is -0.0426. The standard InChI is InChI=1S/C13H13NO5/c15-13(16)9-6-7-12(11(8-9)14(17)18)19-10-4-2-1-3-5-10/h1-8,13,15-18H. The second-order valence-corrected chi connectivity index (χ2v) is 3.81. The van der Waals surface area contributed by atoms with Crippen molar-refractivity contribution in [3.8, 4) is 11.5 Å². The molecule has 0 aromatic heterocycles. The van der Waals surface area contributed by atoms with Gasteiger partial charge in [-0.25, -0.2) is 0 Å². The van der Waals surface area contributed by atoms with Crippen LogP contribution in [0.25, 0.3) is 0 Å². The van der Waals surface area contributed by atoms with E-state index in [1.54, 1.807) is 24.3 Å². The summed E-state index contributed by atoms with van der Waals surface area (Å²) in [6.45, 7) is 0. The van der Waals surface area contributed by atoms with Crippen LogP contribution in [0.2, 0.25) is 0 Å². The predicted molar refractivity (Wildman–Crippen MR) is 66.2 cm³/mol. The van der Waals surface area contributed by atoms with E-state index in [9.17, 15) is 0 Å². The van der Waals surface area contributed by atoms with Crippen LogP contribution < -0.4 is 9.96 Å². The molecular weight excluding hydrogens is 250 g/mol. The number of aliphatic hydroxyl groups excluding tert-OH is 1. The molecule has 0 fully saturated rings. The van der Waals surface area contributed by atoms with E-state index < -0.39 is 6.29 Å². The first kappa shape index (κ1) is 13.3. The smallest absolute Gasteiger partial charge is 0.178 e. The van der Waals surface area contributed by atoms with E-state index >= 15 is 0 Å².